The van der Waals surface area contributed by atoms with Crippen molar-refractivity contribution in [1.82, 2.24) is 5.16 Å². The van der Waals surface area contributed by atoms with Gasteiger partial charge >= 0.3 is 6.09 Å². The molecule has 1 aliphatic heterocycles. The lowest BCUT2D eigenvalue weighted by molar-refractivity contribution is 0.138. The van der Waals surface area contributed by atoms with Gasteiger partial charge in [-0.2, -0.15) is 0 Å². The van der Waals surface area contributed by atoms with E-state index in [4.69, 9.17) is 10.5 Å². The fraction of sp³-hybridized carbons (Fsp3) is 0.500. The van der Waals surface area contributed by atoms with Crippen molar-refractivity contribution in [3.05, 3.63) is 12.3 Å². The summed E-state index contributed by atoms with van der Waals surface area (Å²) < 4.78 is 9.71. The molecule has 0 radical (unpaired) electrons. The van der Waals surface area contributed by atoms with Gasteiger partial charge < -0.3 is 15.0 Å². The lowest BCUT2D eigenvalue weighted by Gasteiger charge is -2.06. The van der Waals surface area contributed by atoms with E-state index in [1.54, 1.807) is 6.07 Å². The van der Waals surface area contributed by atoms with Gasteiger partial charge in [0.2, 0.25) is 0 Å². The second-order valence-electron chi connectivity index (χ2n) is 3.05. The molecule has 1 saturated heterocycles. The number of cyclic esters (lactones) is 1. The van der Waals surface area contributed by atoms with Gasteiger partial charge in [0.05, 0.1) is 6.54 Å². The van der Waals surface area contributed by atoms with E-state index in [1.807, 2.05) is 0 Å². The molecule has 1 fully saturated rings. The van der Waals surface area contributed by atoms with E-state index >= 15 is 0 Å². The topological polar surface area (TPSA) is 81.6 Å². The molecule has 6 heteroatoms. The number of carbonyl (C=O) groups excluding carboxylic acids is 1. The van der Waals surface area contributed by atoms with Crippen LogP contribution in [0.4, 0.5) is 10.6 Å². The van der Waals surface area contributed by atoms with E-state index < -0.39 is 6.09 Å². The van der Waals surface area contributed by atoms with Gasteiger partial charge in [0.25, 0.3) is 0 Å². The molecule has 0 spiro atoms. The van der Waals surface area contributed by atoms with Crippen molar-refractivity contribution < 1.29 is 14.1 Å². The third kappa shape index (κ3) is 1.56. The molecule has 0 aliphatic carbocycles. The summed E-state index contributed by atoms with van der Waals surface area (Å²) in [5.41, 5.74) is 5.37. The second-order valence-corrected chi connectivity index (χ2v) is 3.05. The maximum atomic E-state index is 11.3. The van der Waals surface area contributed by atoms with E-state index in [0.29, 0.717) is 25.3 Å². The molecule has 1 aromatic rings. The van der Waals surface area contributed by atoms with E-state index in [9.17, 15) is 4.79 Å². The summed E-state index contributed by atoms with van der Waals surface area (Å²) in [6.45, 7) is 0.993. The first-order valence-corrected chi connectivity index (χ1v) is 4.40. The minimum absolute atomic E-state index is 0.135. The Labute approximate surface area is 80.6 Å². The van der Waals surface area contributed by atoms with E-state index in [2.05, 4.69) is 9.68 Å². The maximum absolute atomic E-state index is 11.3. The third-order valence-electron chi connectivity index (χ3n) is 2.06. The van der Waals surface area contributed by atoms with Gasteiger partial charge in [-0.1, -0.05) is 5.16 Å². The Morgan fingerprint density at radius 2 is 2.57 bits per heavy atom. The Bertz CT molecular complexity index is 312. The molecular weight excluding hydrogens is 186 g/mol. The summed E-state index contributed by atoms with van der Waals surface area (Å²) in [5, 5.41) is 3.66. The lowest BCUT2D eigenvalue weighted by Crippen LogP contribution is -2.25. The van der Waals surface area contributed by atoms with Crippen molar-refractivity contribution >= 4 is 11.9 Å². The molecular formula is C8H11N3O3. The molecule has 0 bridgehead atoms. The normalized spacial score (nSPS) is 21.4. The predicted octanol–water partition coefficient (Wildman–Crippen LogP) is 0.349. The van der Waals surface area contributed by atoms with Crippen LogP contribution in [0, 0.1) is 0 Å². The quantitative estimate of drug-likeness (QED) is 0.756. The zero-order valence-corrected chi connectivity index (χ0v) is 7.55. The van der Waals surface area contributed by atoms with Crippen LogP contribution in [0.3, 0.4) is 0 Å². The highest BCUT2D eigenvalue weighted by Crippen LogP contribution is 2.20. The minimum Gasteiger partial charge on any atom is -0.444 e. The minimum atomic E-state index is -0.391. The Hall–Kier alpha value is -1.56. The Balaban J connectivity index is 2.05. The molecule has 2 heterocycles. The van der Waals surface area contributed by atoms with Crippen LogP contribution < -0.4 is 10.6 Å². The third-order valence-corrected chi connectivity index (χ3v) is 2.06. The zero-order valence-electron chi connectivity index (χ0n) is 7.55. The average molecular weight is 197 g/mol. The predicted molar refractivity (Wildman–Crippen MR) is 47.8 cm³/mol. The van der Waals surface area contributed by atoms with Crippen LogP contribution in [0.1, 0.15) is 6.42 Å². The molecule has 1 unspecified atom stereocenters. The standard InChI is InChI=1S/C8H11N3O3/c9-3-1-6-5-11(8(12)14-6)7-2-4-13-10-7/h2,4,6H,1,3,5,9H2. The summed E-state index contributed by atoms with van der Waals surface area (Å²) in [5.74, 6) is 0.481. The fourth-order valence-corrected chi connectivity index (χ4v) is 1.39. The highest BCUT2D eigenvalue weighted by Gasteiger charge is 2.32. The first-order valence-electron chi connectivity index (χ1n) is 4.40. The molecule has 1 amide bonds. The second kappa shape index (κ2) is 3.67. The van der Waals surface area contributed by atoms with E-state index in [-0.39, 0.29) is 6.10 Å². The van der Waals surface area contributed by atoms with E-state index in [0.717, 1.165) is 0 Å². The van der Waals surface area contributed by atoms with Gasteiger partial charge in [-0.15, -0.1) is 0 Å². The molecule has 0 aromatic carbocycles. The summed E-state index contributed by atoms with van der Waals surface area (Å²) in [6, 6.07) is 1.62. The monoisotopic (exact) mass is 197 g/mol. The van der Waals surface area contributed by atoms with Crippen LogP contribution in [-0.2, 0) is 4.74 Å². The molecule has 1 aromatic heterocycles. The summed E-state index contributed by atoms with van der Waals surface area (Å²) >= 11 is 0. The van der Waals surface area contributed by atoms with Gasteiger partial charge in [0.1, 0.15) is 12.4 Å². The number of hydrogen-bond donors (Lipinski definition) is 1. The molecule has 2 N–H and O–H groups in total. The zero-order chi connectivity index (χ0) is 9.97. The molecule has 0 saturated carbocycles. The molecule has 14 heavy (non-hydrogen) atoms. The van der Waals surface area contributed by atoms with Gasteiger partial charge in [-0.3, -0.25) is 4.90 Å². The maximum Gasteiger partial charge on any atom is 0.416 e. The number of nitrogens with two attached hydrogens (primary N) is 1. The highest BCUT2D eigenvalue weighted by molar-refractivity contribution is 5.88. The average Bonchev–Trinajstić information content (AvgIpc) is 2.74. The molecule has 1 aliphatic rings. The first-order chi connectivity index (χ1) is 6.81. The number of anilines is 1. The lowest BCUT2D eigenvalue weighted by atomic mass is 10.2. The van der Waals surface area contributed by atoms with Gasteiger partial charge in [-0.05, 0) is 13.0 Å². The van der Waals surface area contributed by atoms with Crippen LogP contribution in [0.2, 0.25) is 0 Å². The summed E-state index contributed by atoms with van der Waals surface area (Å²) in [6.07, 6.45) is 1.56. The van der Waals surface area contributed by atoms with Gasteiger partial charge in [-0.25, -0.2) is 4.79 Å². The Kier molecular flexibility index (Phi) is 2.36. The molecule has 2 rings (SSSR count). The van der Waals surface area contributed by atoms with Crippen LogP contribution in [0.15, 0.2) is 16.9 Å². The van der Waals surface area contributed by atoms with E-state index in [1.165, 1.54) is 11.2 Å². The molecule has 6 nitrogen and oxygen atoms in total. The van der Waals surface area contributed by atoms with Crippen molar-refractivity contribution in [1.29, 1.82) is 0 Å². The van der Waals surface area contributed by atoms with Crippen molar-refractivity contribution in [2.24, 2.45) is 5.73 Å². The number of carbonyl (C=O) groups is 1. The number of nitrogens with zero attached hydrogens (tertiary/aromatic N) is 2. The Morgan fingerprint density at radius 3 is 3.21 bits per heavy atom. The highest BCUT2D eigenvalue weighted by atomic mass is 16.6. The van der Waals surface area contributed by atoms with Crippen LogP contribution in [0.5, 0.6) is 0 Å². The van der Waals surface area contributed by atoms with Crippen molar-refractivity contribution in [2.45, 2.75) is 12.5 Å². The molecule has 76 valence electrons. The van der Waals surface area contributed by atoms with Crippen LogP contribution in [0.25, 0.3) is 0 Å². The number of aromatic nitrogens is 1. The van der Waals surface area contributed by atoms with Crippen LogP contribution >= 0.6 is 0 Å². The summed E-state index contributed by atoms with van der Waals surface area (Å²) in [4.78, 5) is 12.8. The van der Waals surface area contributed by atoms with Gasteiger partial charge in [0, 0.05) is 6.07 Å². The number of ether oxygens (including phenoxy) is 1. The Morgan fingerprint density at radius 1 is 1.71 bits per heavy atom. The smallest absolute Gasteiger partial charge is 0.416 e. The van der Waals surface area contributed by atoms with Crippen molar-refractivity contribution in [3.8, 4) is 0 Å². The largest absolute Gasteiger partial charge is 0.444 e. The first kappa shape index (κ1) is 9.01. The van der Waals surface area contributed by atoms with Crippen LogP contribution in [-0.4, -0.2) is 30.4 Å². The van der Waals surface area contributed by atoms with Gasteiger partial charge in [0.15, 0.2) is 5.82 Å². The number of hydrogen-bond acceptors (Lipinski definition) is 5. The fourth-order valence-electron chi connectivity index (χ4n) is 1.39. The summed E-state index contributed by atoms with van der Waals surface area (Å²) in [7, 11) is 0. The number of rotatable bonds is 3. The number of amides is 1. The van der Waals surface area contributed by atoms with Crippen molar-refractivity contribution in [2.75, 3.05) is 18.0 Å². The van der Waals surface area contributed by atoms with Crippen molar-refractivity contribution in [3.63, 3.8) is 0 Å². The molecule has 1 atom stereocenters. The SMILES string of the molecule is NCCC1CN(c2ccon2)C(=O)O1.